The highest BCUT2D eigenvalue weighted by Gasteiger charge is 2.02. The van der Waals surface area contributed by atoms with E-state index < -0.39 is 0 Å². The van der Waals surface area contributed by atoms with Crippen molar-refractivity contribution >= 4 is 53.0 Å². The fourth-order valence-electron chi connectivity index (χ4n) is 2.19. The average Bonchev–Trinajstić information content (AvgIpc) is 3.16. The first-order chi connectivity index (χ1) is 11.7. The molecule has 2 aromatic heterocycles. The second-order valence-corrected chi connectivity index (χ2v) is 7.74. The molecule has 0 spiro atoms. The number of nitrogens with one attached hydrogen (secondary N) is 1. The van der Waals surface area contributed by atoms with Gasteiger partial charge in [0.25, 0.3) is 0 Å². The first-order valence-electron chi connectivity index (χ1n) is 7.40. The molecule has 6 heteroatoms. The summed E-state index contributed by atoms with van der Waals surface area (Å²) in [6.45, 7) is 2.13. The van der Waals surface area contributed by atoms with Crippen LogP contribution in [-0.4, -0.2) is 17.6 Å². The van der Waals surface area contributed by atoms with Gasteiger partial charge in [0.05, 0.1) is 16.5 Å². The van der Waals surface area contributed by atoms with E-state index in [4.69, 9.17) is 17.0 Å². The zero-order valence-corrected chi connectivity index (χ0v) is 15.4. The molecular formula is C18H15NO2S3. The summed E-state index contributed by atoms with van der Waals surface area (Å²) in [5.41, 5.74) is 1.20. The highest BCUT2D eigenvalue weighted by molar-refractivity contribution is 7.73. The predicted octanol–water partition coefficient (Wildman–Crippen LogP) is 3.71. The molecule has 122 valence electrons. The summed E-state index contributed by atoms with van der Waals surface area (Å²) in [6.07, 6.45) is 3.49. The van der Waals surface area contributed by atoms with Gasteiger partial charge in [-0.25, -0.2) is 4.79 Å². The topological polar surface area (TPSA) is 42.1 Å². The number of hydrogen-bond donors (Lipinski definition) is 1. The van der Waals surface area contributed by atoms with E-state index in [1.165, 1.54) is 27.9 Å². The molecule has 3 aromatic rings. The Morgan fingerprint density at radius 1 is 1.21 bits per heavy atom. The number of thiazole rings is 1. The normalized spacial score (nSPS) is 12.5. The van der Waals surface area contributed by atoms with Crippen LogP contribution in [-0.2, 0) is 9.53 Å². The lowest BCUT2D eigenvalue weighted by Crippen LogP contribution is -2.23. The number of carbonyl (C=O) groups excluding carboxylic acids is 1. The third kappa shape index (κ3) is 4.08. The second kappa shape index (κ2) is 7.70. The van der Waals surface area contributed by atoms with Gasteiger partial charge in [0.2, 0.25) is 0 Å². The van der Waals surface area contributed by atoms with Crippen LogP contribution in [0, 0.1) is 3.95 Å². The van der Waals surface area contributed by atoms with Crippen molar-refractivity contribution in [3.8, 4) is 10.4 Å². The monoisotopic (exact) mass is 373 g/mol. The Labute approximate surface area is 152 Å². The molecule has 1 N–H and O–H groups in total. The van der Waals surface area contributed by atoms with E-state index >= 15 is 0 Å². The minimum atomic E-state index is -0.368. The Bertz CT molecular complexity index is 1010. The molecular weight excluding hydrogens is 358 g/mol. The number of ether oxygens (including phenoxy) is 1. The smallest absolute Gasteiger partial charge is 0.332 e. The van der Waals surface area contributed by atoms with Crippen LogP contribution >= 0.6 is 34.9 Å². The van der Waals surface area contributed by atoms with Crippen molar-refractivity contribution in [3.63, 3.8) is 0 Å². The van der Waals surface area contributed by atoms with Gasteiger partial charge in [0.15, 0.2) is 3.95 Å². The van der Waals surface area contributed by atoms with E-state index in [2.05, 4.69) is 29.2 Å². The molecule has 0 atom stereocenters. The zero-order valence-electron chi connectivity index (χ0n) is 12.9. The minimum Gasteiger partial charge on any atom is -0.463 e. The largest absolute Gasteiger partial charge is 0.463 e. The highest BCUT2D eigenvalue weighted by atomic mass is 32.1. The molecule has 0 fully saturated rings. The molecule has 0 unspecified atom stereocenters. The summed E-state index contributed by atoms with van der Waals surface area (Å²) in [6, 6.07) is 14.4. The standard InChI is InChI=1S/C18H15NO2S3/c1-2-21-17(20)11-14-16(24-18(22)19-14)10-13-8-9-15(23-13)12-6-4-3-5-7-12/h3-11H,2H2,1H3,(H,19,22)/b14-11-,16-10-. The Morgan fingerprint density at radius 3 is 2.75 bits per heavy atom. The molecule has 3 rings (SSSR count). The van der Waals surface area contributed by atoms with E-state index in [1.807, 2.05) is 24.3 Å². The van der Waals surface area contributed by atoms with Crippen LogP contribution in [0.4, 0.5) is 0 Å². The van der Waals surface area contributed by atoms with Crippen LogP contribution in [0.3, 0.4) is 0 Å². The van der Waals surface area contributed by atoms with Crippen molar-refractivity contribution < 1.29 is 9.53 Å². The summed E-state index contributed by atoms with van der Waals surface area (Å²) in [5, 5.41) is 0.693. The summed E-state index contributed by atoms with van der Waals surface area (Å²) in [5.74, 6) is -0.368. The Kier molecular flexibility index (Phi) is 5.40. The molecule has 0 saturated carbocycles. The van der Waals surface area contributed by atoms with E-state index in [1.54, 1.807) is 18.3 Å². The van der Waals surface area contributed by atoms with Crippen LogP contribution < -0.4 is 9.88 Å². The molecule has 0 aliphatic heterocycles. The number of rotatable bonds is 4. The maximum atomic E-state index is 11.7. The van der Waals surface area contributed by atoms with Gasteiger partial charge >= 0.3 is 5.97 Å². The molecule has 0 amide bonds. The maximum Gasteiger partial charge on any atom is 0.332 e. The van der Waals surface area contributed by atoms with Crippen LogP contribution in [0.25, 0.3) is 22.6 Å². The van der Waals surface area contributed by atoms with Gasteiger partial charge in [0, 0.05) is 15.8 Å². The number of esters is 1. The van der Waals surface area contributed by atoms with Crippen molar-refractivity contribution in [2.75, 3.05) is 6.61 Å². The zero-order chi connectivity index (χ0) is 16.9. The van der Waals surface area contributed by atoms with Crippen molar-refractivity contribution in [2.45, 2.75) is 6.92 Å². The fourth-order valence-corrected chi connectivity index (χ4v) is 4.36. The predicted molar refractivity (Wildman–Crippen MR) is 103 cm³/mol. The Hall–Kier alpha value is -2.02. The van der Waals surface area contributed by atoms with Crippen LogP contribution in [0.2, 0.25) is 0 Å². The molecule has 2 heterocycles. The van der Waals surface area contributed by atoms with Gasteiger partial charge in [-0.05, 0) is 42.9 Å². The fraction of sp³-hybridized carbons (Fsp3) is 0.111. The van der Waals surface area contributed by atoms with Crippen LogP contribution in [0.5, 0.6) is 0 Å². The number of aromatic nitrogens is 1. The summed E-state index contributed by atoms with van der Waals surface area (Å²) in [7, 11) is 0. The van der Waals surface area contributed by atoms with Crippen LogP contribution in [0.15, 0.2) is 42.5 Å². The molecule has 0 saturated heterocycles. The first-order valence-corrected chi connectivity index (χ1v) is 9.44. The lowest BCUT2D eigenvalue weighted by atomic mass is 10.2. The van der Waals surface area contributed by atoms with Crippen molar-refractivity contribution in [1.82, 2.24) is 4.98 Å². The average molecular weight is 374 g/mol. The van der Waals surface area contributed by atoms with Crippen molar-refractivity contribution in [2.24, 2.45) is 0 Å². The first kappa shape index (κ1) is 16.8. The number of hydrogen-bond acceptors (Lipinski definition) is 5. The molecule has 0 aliphatic carbocycles. The number of thiophene rings is 1. The Balaban J connectivity index is 2.00. The van der Waals surface area contributed by atoms with Gasteiger partial charge in [-0.1, -0.05) is 30.3 Å². The van der Waals surface area contributed by atoms with E-state index in [9.17, 15) is 4.79 Å². The lowest BCUT2D eigenvalue weighted by molar-refractivity contribution is -0.135. The third-order valence-electron chi connectivity index (χ3n) is 3.21. The quantitative estimate of drug-likeness (QED) is 0.560. The summed E-state index contributed by atoms with van der Waals surface area (Å²) in [4.78, 5) is 17.0. The molecule has 24 heavy (non-hydrogen) atoms. The van der Waals surface area contributed by atoms with Gasteiger partial charge in [-0.15, -0.1) is 22.7 Å². The van der Waals surface area contributed by atoms with Gasteiger partial charge < -0.3 is 9.72 Å². The molecule has 0 bridgehead atoms. The lowest BCUT2D eigenvalue weighted by Gasteiger charge is -1.94. The molecule has 0 aliphatic rings. The summed E-state index contributed by atoms with van der Waals surface area (Å²) >= 11 is 8.36. The number of carbonyl (C=O) groups is 1. The highest BCUT2D eigenvalue weighted by Crippen LogP contribution is 2.28. The number of H-pyrrole nitrogens is 1. The van der Waals surface area contributed by atoms with Gasteiger partial charge in [-0.2, -0.15) is 0 Å². The number of benzene rings is 1. The van der Waals surface area contributed by atoms with Crippen LogP contribution in [0.1, 0.15) is 11.8 Å². The van der Waals surface area contributed by atoms with Crippen molar-refractivity contribution in [3.05, 3.63) is 61.2 Å². The van der Waals surface area contributed by atoms with Gasteiger partial charge in [-0.3, -0.25) is 0 Å². The maximum absolute atomic E-state index is 11.7. The third-order valence-corrected chi connectivity index (χ3v) is 5.49. The van der Waals surface area contributed by atoms with Crippen molar-refractivity contribution in [1.29, 1.82) is 0 Å². The van der Waals surface area contributed by atoms with E-state index in [0.29, 0.717) is 15.9 Å². The SMILES string of the molecule is CCOC(=O)/C=c1\[nH]c(=S)s\c1=C/c1ccc(-c2ccccc2)s1. The molecule has 3 nitrogen and oxygen atoms in total. The van der Waals surface area contributed by atoms with E-state index in [0.717, 1.165) is 9.41 Å². The minimum absolute atomic E-state index is 0.352. The Morgan fingerprint density at radius 2 is 2.00 bits per heavy atom. The second-order valence-electron chi connectivity index (χ2n) is 4.90. The van der Waals surface area contributed by atoms with Gasteiger partial charge in [0.1, 0.15) is 0 Å². The van der Waals surface area contributed by atoms with E-state index in [-0.39, 0.29) is 5.97 Å². The number of aromatic amines is 1. The molecule has 0 radical (unpaired) electrons. The summed E-state index contributed by atoms with van der Waals surface area (Å²) < 4.78 is 6.53. The molecule has 1 aromatic carbocycles.